The van der Waals surface area contributed by atoms with Crippen molar-refractivity contribution in [1.82, 2.24) is 5.32 Å². The molecule has 0 radical (unpaired) electrons. The zero-order chi connectivity index (χ0) is 25.8. The Morgan fingerprint density at radius 2 is 1.86 bits per heavy atom. The highest BCUT2D eigenvalue weighted by Crippen LogP contribution is 2.35. The van der Waals surface area contributed by atoms with Crippen molar-refractivity contribution in [2.45, 2.75) is 39.7 Å². The number of fused-ring (bicyclic) bond motifs is 2. The van der Waals surface area contributed by atoms with Crippen LogP contribution in [-0.4, -0.2) is 37.7 Å². The lowest BCUT2D eigenvalue weighted by molar-refractivity contribution is -0.309. The van der Waals surface area contributed by atoms with Gasteiger partial charge in [-0.05, 0) is 42.7 Å². The van der Waals surface area contributed by atoms with E-state index in [0.29, 0.717) is 64.7 Å². The monoisotopic (exact) mass is 494 g/mol. The molecule has 1 aromatic heterocycles. The number of carboxylic acid groups (broad SMARTS) is 1. The van der Waals surface area contributed by atoms with Crippen LogP contribution in [0.5, 0.6) is 17.2 Å². The molecule has 2 atom stereocenters. The van der Waals surface area contributed by atoms with E-state index in [1.54, 1.807) is 44.2 Å². The topological polar surface area (TPSA) is 127 Å². The van der Waals surface area contributed by atoms with Crippen LogP contribution in [0.3, 0.4) is 0 Å². The highest BCUT2D eigenvalue weighted by molar-refractivity contribution is 5.85. The first-order chi connectivity index (χ1) is 17.3. The number of carboxylic acids is 1. The molecule has 4 rings (SSSR count). The average Bonchev–Trinajstić information content (AvgIpc) is 3.10. The van der Waals surface area contributed by atoms with Crippen molar-refractivity contribution in [2.24, 2.45) is 5.92 Å². The molecule has 1 N–H and O–H groups in total. The van der Waals surface area contributed by atoms with Crippen molar-refractivity contribution < 1.29 is 33.3 Å². The lowest BCUT2D eigenvalue weighted by Gasteiger charge is -2.25. The van der Waals surface area contributed by atoms with E-state index in [4.69, 9.17) is 18.6 Å². The zero-order valence-corrected chi connectivity index (χ0v) is 20.4. The summed E-state index contributed by atoms with van der Waals surface area (Å²) in [5.41, 5.74) is 1.18. The second-order valence-corrected chi connectivity index (χ2v) is 8.77. The maximum Gasteiger partial charge on any atom is 0.258 e. The Hall–Kier alpha value is -4.01. The number of ether oxygens (including phenoxy) is 3. The molecule has 0 fully saturated rings. The molecule has 190 valence electrons. The van der Waals surface area contributed by atoms with Gasteiger partial charge in [0.25, 0.3) is 5.91 Å². The average molecular weight is 495 g/mol. The molecule has 1 amide bonds. The Balaban J connectivity index is 1.54. The smallest absolute Gasteiger partial charge is 0.258 e. The van der Waals surface area contributed by atoms with Gasteiger partial charge in [-0.15, -0.1) is 0 Å². The van der Waals surface area contributed by atoms with Gasteiger partial charge in [-0.1, -0.05) is 26.3 Å². The van der Waals surface area contributed by atoms with Crippen molar-refractivity contribution in [3.8, 4) is 28.4 Å². The van der Waals surface area contributed by atoms with E-state index in [9.17, 15) is 19.5 Å². The van der Waals surface area contributed by atoms with E-state index in [1.807, 2.05) is 6.92 Å². The molecule has 9 heteroatoms. The van der Waals surface area contributed by atoms with Gasteiger partial charge in [0, 0.05) is 12.5 Å². The predicted octanol–water partition coefficient (Wildman–Crippen LogP) is 2.59. The van der Waals surface area contributed by atoms with Crippen LogP contribution >= 0.6 is 0 Å². The second-order valence-electron chi connectivity index (χ2n) is 8.77. The van der Waals surface area contributed by atoms with Crippen LogP contribution in [-0.2, 0) is 9.59 Å². The van der Waals surface area contributed by atoms with Crippen molar-refractivity contribution in [1.29, 1.82) is 0 Å². The van der Waals surface area contributed by atoms with Gasteiger partial charge in [-0.25, -0.2) is 0 Å². The number of hydrogen-bond acceptors (Lipinski definition) is 8. The van der Waals surface area contributed by atoms with Crippen molar-refractivity contribution in [3.05, 3.63) is 52.4 Å². The minimum Gasteiger partial charge on any atom is -0.548 e. The summed E-state index contributed by atoms with van der Waals surface area (Å²) in [5, 5.41) is 14.1. The van der Waals surface area contributed by atoms with E-state index >= 15 is 0 Å². The van der Waals surface area contributed by atoms with Crippen LogP contribution in [0.4, 0.5) is 0 Å². The van der Waals surface area contributed by atoms with Crippen LogP contribution < -0.4 is 30.1 Å². The molecule has 0 spiro atoms. The quantitative estimate of drug-likeness (QED) is 0.506. The number of nitrogens with one attached hydrogen (secondary N) is 1. The fraction of sp³-hybridized carbons (Fsp3) is 0.370. The van der Waals surface area contributed by atoms with Crippen LogP contribution in [0, 0.1) is 12.8 Å². The molecular weight excluding hydrogens is 466 g/mol. The number of benzene rings is 2. The lowest BCUT2D eigenvalue weighted by atomic mass is 9.99. The summed E-state index contributed by atoms with van der Waals surface area (Å²) in [6.07, 6.45) is 1.35. The predicted molar refractivity (Wildman–Crippen MR) is 130 cm³/mol. The van der Waals surface area contributed by atoms with Gasteiger partial charge in [0.2, 0.25) is 5.43 Å². The van der Waals surface area contributed by atoms with Gasteiger partial charge in [-0.2, -0.15) is 0 Å². The first-order valence-electron chi connectivity index (χ1n) is 11.9. The first kappa shape index (κ1) is 25.1. The molecule has 36 heavy (non-hydrogen) atoms. The molecule has 0 saturated heterocycles. The Morgan fingerprint density at radius 3 is 2.58 bits per heavy atom. The third kappa shape index (κ3) is 5.30. The number of rotatable bonds is 8. The highest BCUT2D eigenvalue weighted by Gasteiger charge is 2.20. The fourth-order valence-corrected chi connectivity index (χ4v) is 4.06. The van der Waals surface area contributed by atoms with E-state index in [0.717, 1.165) is 6.42 Å². The number of aryl methyl sites for hydroxylation is 1. The maximum absolute atomic E-state index is 13.3. The second kappa shape index (κ2) is 10.7. The molecule has 9 nitrogen and oxygen atoms in total. The number of amides is 1. The molecule has 0 aliphatic carbocycles. The molecule has 1 aliphatic heterocycles. The van der Waals surface area contributed by atoms with Crippen molar-refractivity contribution in [2.75, 3.05) is 19.8 Å². The van der Waals surface area contributed by atoms with Gasteiger partial charge < -0.3 is 33.8 Å². The summed E-state index contributed by atoms with van der Waals surface area (Å²) < 4.78 is 22.9. The number of aliphatic carboxylic acids is 1. The van der Waals surface area contributed by atoms with Crippen LogP contribution in [0.1, 0.15) is 32.4 Å². The lowest BCUT2D eigenvalue weighted by Crippen LogP contribution is -2.52. The molecule has 0 bridgehead atoms. The van der Waals surface area contributed by atoms with Crippen molar-refractivity contribution >= 4 is 22.8 Å². The first-order valence-corrected chi connectivity index (χ1v) is 11.9. The molecule has 2 aromatic carbocycles. The van der Waals surface area contributed by atoms with E-state index < -0.39 is 24.5 Å². The Labute approximate surface area is 208 Å². The normalized spacial score (nSPS) is 14.5. The van der Waals surface area contributed by atoms with Gasteiger partial charge in [0.05, 0.1) is 36.2 Å². The third-order valence-electron chi connectivity index (χ3n) is 6.23. The molecular formula is C27H28NO8-. The number of carbonyl (C=O) groups excluding carboxylic acids is 2. The van der Waals surface area contributed by atoms with Gasteiger partial charge in [0.1, 0.15) is 17.1 Å². The van der Waals surface area contributed by atoms with E-state index in [1.165, 1.54) is 6.07 Å². The van der Waals surface area contributed by atoms with Crippen molar-refractivity contribution in [3.63, 3.8) is 0 Å². The van der Waals surface area contributed by atoms with E-state index in [2.05, 4.69) is 5.32 Å². The van der Waals surface area contributed by atoms with E-state index in [-0.39, 0.29) is 11.3 Å². The summed E-state index contributed by atoms with van der Waals surface area (Å²) in [4.78, 5) is 36.9. The van der Waals surface area contributed by atoms with Crippen LogP contribution in [0.2, 0.25) is 0 Å². The molecule has 0 saturated carbocycles. The molecule has 3 aromatic rings. The molecule has 0 unspecified atom stereocenters. The zero-order valence-electron chi connectivity index (χ0n) is 20.4. The van der Waals surface area contributed by atoms with Gasteiger partial charge in [-0.3, -0.25) is 9.59 Å². The number of hydrogen-bond donors (Lipinski definition) is 1. The number of carbonyl (C=O) groups is 2. The van der Waals surface area contributed by atoms with Crippen LogP contribution in [0.25, 0.3) is 22.1 Å². The molecule has 2 heterocycles. The summed E-state index contributed by atoms with van der Waals surface area (Å²) in [6.45, 7) is 5.96. The third-order valence-corrected chi connectivity index (χ3v) is 6.23. The minimum absolute atomic E-state index is 0.210. The summed E-state index contributed by atoms with van der Waals surface area (Å²) in [7, 11) is 0. The van der Waals surface area contributed by atoms with Gasteiger partial charge >= 0.3 is 0 Å². The molecule has 1 aliphatic rings. The summed E-state index contributed by atoms with van der Waals surface area (Å²) >= 11 is 0. The largest absolute Gasteiger partial charge is 0.548 e. The Bertz CT molecular complexity index is 1350. The summed E-state index contributed by atoms with van der Waals surface area (Å²) in [6, 6.07) is 8.92. The Morgan fingerprint density at radius 1 is 1.11 bits per heavy atom. The highest BCUT2D eigenvalue weighted by atomic mass is 16.5. The fourth-order valence-electron chi connectivity index (χ4n) is 4.06. The van der Waals surface area contributed by atoms with Crippen LogP contribution in [0.15, 0.2) is 45.6 Å². The minimum atomic E-state index is -1.34. The Kier molecular flexibility index (Phi) is 7.47. The maximum atomic E-state index is 13.3. The SMILES string of the molecule is CC[C@H](C)[C@H](NC(=O)COc1ccc2c(=O)c(-c3ccc4c(c3)OCCCO4)c(C)oc2c1)C(=O)[O-]. The standard InChI is InChI=1S/C27H29NO8/c1-4-15(2)25(27(31)32)28-23(29)14-35-18-7-8-19-21(13-18)36-16(3)24(26(19)30)17-6-9-20-22(12-17)34-11-5-10-33-20/h6-9,12-13,15,25H,4-5,10-11,14H2,1-3H3,(H,28,29)(H,31,32)/p-1/t15-,25-/m0/s1. The van der Waals surface area contributed by atoms with Gasteiger partial charge in [0.15, 0.2) is 18.1 Å². The summed E-state index contributed by atoms with van der Waals surface area (Å²) in [5.74, 6) is -0.277.